The normalized spacial score (nSPS) is 11.4. The van der Waals surface area contributed by atoms with Gasteiger partial charge in [-0.2, -0.15) is 5.10 Å². The summed E-state index contributed by atoms with van der Waals surface area (Å²) in [4.78, 5) is 12.1. The molecule has 4 nitrogen and oxygen atoms in total. The Morgan fingerprint density at radius 2 is 1.57 bits per heavy atom. The van der Waals surface area contributed by atoms with Gasteiger partial charge in [0, 0.05) is 5.56 Å². The van der Waals surface area contributed by atoms with Crippen molar-refractivity contribution in [3.8, 4) is 5.75 Å². The first-order chi connectivity index (χ1) is 11.2. The second-order valence-electron chi connectivity index (χ2n) is 5.18. The number of para-hydroxylation sites is 1. The van der Waals surface area contributed by atoms with Crippen molar-refractivity contribution in [2.75, 3.05) is 0 Å². The van der Waals surface area contributed by atoms with Crippen molar-refractivity contribution in [1.29, 1.82) is 0 Å². The van der Waals surface area contributed by atoms with E-state index < -0.39 is 5.91 Å². The van der Waals surface area contributed by atoms with E-state index in [1.807, 2.05) is 49.4 Å². The molecule has 0 aromatic heterocycles. The zero-order valence-electron chi connectivity index (χ0n) is 12.7. The topological polar surface area (TPSA) is 61.7 Å². The maximum absolute atomic E-state index is 12.1. The lowest BCUT2D eigenvalue weighted by Gasteiger charge is -2.07. The van der Waals surface area contributed by atoms with Gasteiger partial charge in [-0.25, -0.2) is 5.43 Å². The van der Waals surface area contributed by atoms with Crippen molar-refractivity contribution in [2.45, 2.75) is 6.92 Å². The lowest BCUT2D eigenvalue weighted by Crippen LogP contribution is -2.19. The summed E-state index contributed by atoms with van der Waals surface area (Å²) in [5, 5.41) is 16.1. The third-order valence-corrected chi connectivity index (χ3v) is 3.65. The maximum atomic E-state index is 12.1. The first-order valence-corrected chi connectivity index (χ1v) is 7.27. The van der Waals surface area contributed by atoms with Gasteiger partial charge in [-0.3, -0.25) is 4.79 Å². The summed E-state index contributed by atoms with van der Waals surface area (Å²) in [7, 11) is 0. The monoisotopic (exact) mass is 304 g/mol. The number of carbonyl (C=O) groups excluding carboxylic acids is 1. The number of amides is 1. The van der Waals surface area contributed by atoms with E-state index in [1.165, 1.54) is 6.07 Å². The van der Waals surface area contributed by atoms with Gasteiger partial charge >= 0.3 is 0 Å². The van der Waals surface area contributed by atoms with Crippen molar-refractivity contribution in [3.05, 3.63) is 77.9 Å². The van der Waals surface area contributed by atoms with Gasteiger partial charge < -0.3 is 5.11 Å². The fraction of sp³-hybridized carbons (Fsp3) is 0.0526. The van der Waals surface area contributed by atoms with Crippen LogP contribution >= 0.6 is 0 Å². The Kier molecular flexibility index (Phi) is 4.06. The molecule has 0 bridgehead atoms. The van der Waals surface area contributed by atoms with Gasteiger partial charge in [0.2, 0.25) is 0 Å². The van der Waals surface area contributed by atoms with E-state index in [0.29, 0.717) is 5.71 Å². The Balaban J connectivity index is 1.88. The Bertz CT molecular complexity index is 895. The zero-order valence-corrected chi connectivity index (χ0v) is 12.7. The average Bonchev–Trinajstić information content (AvgIpc) is 2.59. The van der Waals surface area contributed by atoms with Crippen molar-refractivity contribution in [2.24, 2.45) is 5.10 Å². The summed E-state index contributed by atoms with van der Waals surface area (Å²) in [5.74, 6) is -0.509. The number of benzene rings is 3. The second-order valence-corrected chi connectivity index (χ2v) is 5.18. The lowest BCUT2D eigenvalue weighted by molar-refractivity contribution is 0.0952. The number of hydrogen-bond acceptors (Lipinski definition) is 3. The molecule has 0 heterocycles. The molecule has 3 rings (SSSR count). The number of rotatable bonds is 3. The van der Waals surface area contributed by atoms with Gasteiger partial charge in [0.05, 0.1) is 11.3 Å². The highest BCUT2D eigenvalue weighted by atomic mass is 16.3. The van der Waals surface area contributed by atoms with Crippen LogP contribution in [0.2, 0.25) is 0 Å². The minimum absolute atomic E-state index is 0.0667. The van der Waals surface area contributed by atoms with Gasteiger partial charge in [-0.05, 0) is 29.8 Å². The number of fused-ring (bicyclic) bond motifs is 1. The van der Waals surface area contributed by atoms with Crippen LogP contribution in [0.25, 0.3) is 10.8 Å². The SMILES string of the molecule is C/C(=N\NC(=O)c1ccccc1O)c1cccc2ccccc12. The number of nitrogens with one attached hydrogen (secondary N) is 1. The van der Waals surface area contributed by atoms with E-state index >= 15 is 0 Å². The van der Waals surface area contributed by atoms with Crippen molar-refractivity contribution >= 4 is 22.4 Å². The number of phenolic OH excluding ortho intramolecular Hbond substituents is 1. The van der Waals surface area contributed by atoms with Crippen LogP contribution in [0.3, 0.4) is 0 Å². The zero-order chi connectivity index (χ0) is 16.2. The quantitative estimate of drug-likeness (QED) is 0.572. The summed E-state index contributed by atoms with van der Waals surface area (Å²) in [6.45, 7) is 1.84. The average molecular weight is 304 g/mol. The van der Waals surface area contributed by atoms with Crippen LogP contribution in [0.4, 0.5) is 0 Å². The Hall–Kier alpha value is -3.14. The Labute approximate surface area is 134 Å². The molecule has 114 valence electrons. The summed E-state index contributed by atoms with van der Waals surface area (Å²) < 4.78 is 0. The van der Waals surface area contributed by atoms with Gasteiger partial charge in [-0.15, -0.1) is 0 Å². The van der Waals surface area contributed by atoms with Crippen LogP contribution in [-0.4, -0.2) is 16.7 Å². The summed E-state index contributed by atoms with van der Waals surface area (Å²) >= 11 is 0. The van der Waals surface area contributed by atoms with Crippen LogP contribution in [0, 0.1) is 0 Å². The molecule has 0 fully saturated rings. The van der Waals surface area contributed by atoms with Crippen LogP contribution in [0.1, 0.15) is 22.8 Å². The van der Waals surface area contributed by atoms with E-state index in [1.54, 1.807) is 18.2 Å². The number of hydrazone groups is 1. The highest BCUT2D eigenvalue weighted by Crippen LogP contribution is 2.19. The molecule has 0 unspecified atom stereocenters. The molecular formula is C19H16N2O2. The molecule has 1 amide bonds. The molecule has 0 atom stereocenters. The fourth-order valence-corrected chi connectivity index (χ4v) is 2.46. The maximum Gasteiger partial charge on any atom is 0.275 e. The minimum Gasteiger partial charge on any atom is -0.507 e. The standard InChI is InChI=1S/C19H16N2O2/c1-13(15-11-6-8-14-7-2-3-9-16(14)15)20-21-19(23)17-10-4-5-12-18(17)22/h2-12,22H,1H3,(H,21,23)/b20-13+. The minimum atomic E-state index is -0.442. The Morgan fingerprint density at radius 1 is 0.913 bits per heavy atom. The number of hydrogen-bond donors (Lipinski definition) is 2. The molecule has 23 heavy (non-hydrogen) atoms. The number of nitrogens with zero attached hydrogens (tertiary/aromatic N) is 1. The summed E-state index contributed by atoms with van der Waals surface area (Å²) in [5.41, 5.74) is 4.35. The van der Waals surface area contributed by atoms with E-state index in [9.17, 15) is 9.90 Å². The molecular weight excluding hydrogens is 288 g/mol. The molecule has 2 N–H and O–H groups in total. The molecule has 0 spiro atoms. The van der Waals surface area contributed by atoms with Crippen LogP contribution in [-0.2, 0) is 0 Å². The highest BCUT2D eigenvalue weighted by molar-refractivity contribution is 6.10. The number of phenols is 1. The van der Waals surface area contributed by atoms with Crippen LogP contribution < -0.4 is 5.43 Å². The fourth-order valence-electron chi connectivity index (χ4n) is 2.46. The highest BCUT2D eigenvalue weighted by Gasteiger charge is 2.10. The molecule has 0 radical (unpaired) electrons. The van der Waals surface area contributed by atoms with E-state index in [-0.39, 0.29) is 11.3 Å². The molecule has 0 saturated heterocycles. The second kappa shape index (κ2) is 6.32. The molecule has 3 aromatic carbocycles. The van der Waals surface area contributed by atoms with E-state index in [0.717, 1.165) is 16.3 Å². The largest absolute Gasteiger partial charge is 0.507 e. The number of carbonyl (C=O) groups is 1. The first kappa shape index (κ1) is 14.8. The van der Waals surface area contributed by atoms with E-state index in [2.05, 4.69) is 10.5 Å². The molecule has 0 aliphatic heterocycles. The van der Waals surface area contributed by atoms with Crippen molar-refractivity contribution in [3.63, 3.8) is 0 Å². The predicted octanol–water partition coefficient (Wildman–Crippen LogP) is 3.70. The van der Waals surface area contributed by atoms with Gasteiger partial charge in [0.1, 0.15) is 5.75 Å². The van der Waals surface area contributed by atoms with Gasteiger partial charge in [-0.1, -0.05) is 54.6 Å². The van der Waals surface area contributed by atoms with Crippen molar-refractivity contribution < 1.29 is 9.90 Å². The van der Waals surface area contributed by atoms with Gasteiger partial charge in [0.25, 0.3) is 5.91 Å². The molecule has 3 aromatic rings. The third-order valence-electron chi connectivity index (χ3n) is 3.65. The summed E-state index contributed by atoms with van der Waals surface area (Å²) in [6, 6.07) is 20.3. The van der Waals surface area contributed by atoms with Gasteiger partial charge in [0.15, 0.2) is 0 Å². The Morgan fingerprint density at radius 3 is 2.39 bits per heavy atom. The molecule has 0 aliphatic rings. The summed E-state index contributed by atoms with van der Waals surface area (Å²) in [6.07, 6.45) is 0. The smallest absolute Gasteiger partial charge is 0.275 e. The molecule has 4 heteroatoms. The lowest BCUT2D eigenvalue weighted by atomic mass is 10.0. The van der Waals surface area contributed by atoms with Crippen LogP contribution in [0.5, 0.6) is 5.75 Å². The van der Waals surface area contributed by atoms with Crippen molar-refractivity contribution in [1.82, 2.24) is 5.43 Å². The first-order valence-electron chi connectivity index (χ1n) is 7.27. The molecule has 0 saturated carbocycles. The molecule has 0 aliphatic carbocycles. The van der Waals surface area contributed by atoms with Crippen LogP contribution in [0.15, 0.2) is 71.8 Å². The van der Waals surface area contributed by atoms with E-state index in [4.69, 9.17) is 0 Å². The third kappa shape index (κ3) is 3.06. The predicted molar refractivity (Wildman–Crippen MR) is 91.7 cm³/mol. The number of aromatic hydroxyl groups is 1.